The fourth-order valence-corrected chi connectivity index (χ4v) is 1.93. The largest absolute Gasteiger partial charge is 0.508 e. The molecular weight excluding hydrogens is 239 g/mol. The number of phenols is 1. The molecule has 0 aliphatic heterocycles. The van der Waals surface area contributed by atoms with Gasteiger partial charge in [-0.05, 0) is 29.2 Å². The summed E-state index contributed by atoms with van der Waals surface area (Å²) in [4.78, 5) is 0. The normalized spacial score (nSPS) is 11.4. The van der Waals surface area contributed by atoms with E-state index in [0.29, 0.717) is 11.1 Å². The molecular formula is C17H17FO. The average molecular weight is 256 g/mol. The molecule has 1 nitrogen and oxygen atoms in total. The maximum atomic E-state index is 13.9. The summed E-state index contributed by atoms with van der Waals surface area (Å²) in [7, 11) is 0. The van der Waals surface area contributed by atoms with Crippen LogP contribution in [0.3, 0.4) is 0 Å². The highest BCUT2D eigenvalue weighted by atomic mass is 19.1. The number of halogens is 1. The molecule has 0 fully saturated rings. The Morgan fingerprint density at radius 2 is 1.74 bits per heavy atom. The number of phenolic OH excluding ortho intramolecular Hbond substituents is 1. The van der Waals surface area contributed by atoms with Crippen molar-refractivity contribution in [1.82, 2.24) is 0 Å². The SMILES string of the molecule is CC(C)c1cc(F)c(/C=C/c2ccccc2)cc1O. The fraction of sp³-hybridized carbons (Fsp3) is 0.176. The zero-order valence-corrected chi connectivity index (χ0v) is 11.1. The third-order valence-electron chi connectivity index (χ3n) is 3.02. The van der Waals surface area contributed by atoms with Crippen LogP contribution in [0.1, 0.15) is 36.5 Å². The van der Waals surface area contributed by atoms with Crippen LogP contribution in [-0.2, 0) is 0 Å². The third-order valence-corrected chi connectivity index (χ3v) is 3.02. The molecule has 0 aliphatic carbocycles. The Morgan fingerprint density at radius 3 is 2.37 bits per heavy atom. The van der Waals surface area contributed by atoms with Crippen molar-refractivity contribution in [2.75, 3.05) is 0 Å². The van der Waals surface area contributed by atoms with E-state index in [1.54, 1.807) is 6.08 Å². The molecule has 0 radical (unpaired) electrons. The van der Waals surface area contributed by atoms with Gasteiger partial charge in [0.15, 0.2) is 0 Å². The van der Waals surface area contributed by atoms with E-state index in [2.05, 4.69) is 0 Å². The Labute approximate surface area is 113 Å². The van der Waals surface area contributed by atoms with Crippen molar-refractivity contribution in [1.29, 1.82) is 0 Å². The molecule has 1 N–H and O–H groups in total. The molecule has 0 saturated heterocycles. The minimum Gasteiger partial charge on any atom is -0.508 e. The van der Waals surface area contributed by atoms with Crippen LogP contribution in [0.4, 0.5) is 4.39 Å². The van der Waals surface area contributed by atoms with Crippen molar-refractivity contribution in [3.05, 3.63) is 65.0 Å². The Kier molecular flexibility index (Phi) is 4.00. The van der Waals surface area contributed by atoms with E-state index in [1.807, 2.05) is 50.3 Å². The Hall–Kier alpha value is -2.09. The third kappa shape index (κ3) is 3.22. The lowest BCUT2D eigenvalue weighted by molar-refractivity contribution is 0.461. The highest BCUT2D eigenvalue weighted by molar-refractivity contribution is 5.70. The Morgan fingerprint density at radius 1 is 1.05 bits per heavy atom. The summed E-state index contributed by atoms with van der Waals surface area (Å²) in [5.41, 5.74) is 2.02. The number of rotatable bonds is 3. The zero-order valence-electron chi connectivity index (χ0n) is 11.1. The van der Waals surface area contributed by atoms with Gasteiger partial charge in [-0.2, -0.15) is 0 Å². The second-order valence-corrected chi connectivity index (χ2v) is 4.83. The average Bonchev–Trinajstić information content (AvgIpc) is 2.40. The van der Waals surface area contributed by atoms with Gasteiger partial charge in [-0.1, -0.05) is 56.3 Å². The van der Waals surface area contributed by atoms with Gasteiger partial charge in [0.05, 0.1) is 0 Å². The van der Waals surface area contributed by atoms with Gasteiger partial charge in [0.2, 0.25) is 0 Å². The van der Waals surface area contributed by atoms with Crippen LogP contribution in [0.25, 0.3) is 12.2 Å². The molecule has 0 aliphatic rings. The minimum atomic E-state index is -0.311. The maximum Gasteiger partial charge on any atom is 0.130 e. The second-order valence-electron chi connectivity index (χ2n) is 4.83. The number of hydrogen-bond acceptors (Lipinski definition) is 1. The summed E-state index contributed by atoms with van der Waals surface area (Å²) in [5.74, 6) is -0.0700. The molecule has 0 bridgehead atoms. The highest BCUT2D eigenvalue weighted by Gasteiger charge is 2.10. The lowest BCUT2D eigenvalue weighted by atomic mass is 9.99. The minimum absolute atomic E-state index is 0.0988. The molecule has 19 heavy (non-hydrogen) atoms. The van der Waals surface area contributed by atoms with Crippen LogP contribution in [-0.4, -0.2) is 5.11 Å². The molecule has 0 aromatic heterocycles. The predicted octanol–water partition coefficient (Wildman–Crippen LogP) is 4.83. The molecule has 2 aromatic carbocycles. The first-order valence-electron chi connectivity index (χ1n) is 6.33. The van der Waals surface area contributed by atoms with E-state index < -0.39 is 0 Å². The molecule has 98 valence electrons. The van der Waals surface area contributed by atoms with Crippen LogP contribution >= 0.6 is 0 Å². The predicted molar refractivity (Wildman–Crippen MR) is 77.5 cm³/mol. The second kappa shape index (κ2) is 5.70. The Bertz CT molecular complexity index is 586. The first kappa shape index (κ1) is 13.3. The summed E-state index contributed by atoms with van der Waals surface area (Å²) in [6.07, 6.45) is 3.50. The summed E-state index contributed by atoms with van der Waals surface area (Å²) < 4.78 is 13.9. The molecule has 0 saturated carbocycles. The summed E-state index contributed by atoms with van der Waals surface area (Å²) >= 11 is 0. The molecule has 2 rings (SSSR count). The molecule has 0 heterocycles. The number of benzene rings is 2. The zero-order chi connectivity index (χ0) is 13.8. The lowest BCUT2D eigenvalue weighted by Gasteiger charge is -2.09. The van der Waals surface area contributed by atoms with Crippen molar-refractivity contribution < 1.29 is 9.50 Å². The topological polar surface area (TPSA) is 20.2 Å². The fourth-order valence-electron chi connectivity index (χ4n) is 1.93. The van der Waals surface area contributed by atoms with E-state index in [0.717, 1.165) is 5.56 Å². The van der Waals surface area contributed by atoms with Crippen molar-refractivity contribution in [3.8, 4) is 5.75 Å². The molecule has 0 unspecified atom stereocenters. The van der Waals surface area contributed by atoms with Crippen molar-refractivity contribution in [3.63, 3.8) is 0 Å². The van der Waals surface area contributed by atoms with Crippen LogP contribution in [0.5, 0.6) is 5.75 Å². The van der Waals surface area contributed by atoms with E-state index in [-0.39, 0.29) is 17.5 Å². The van der Waals surface area contributed by atoms with Gasteiger partial charge < -0.3 is 5.11 Å². The lowest BCUT2D eigenvalue weighted by Crippen LogP contribution is -1.92. The van der Waals surface area contributed by atoms with E-state index in [4.69, 9.17) is 0 Å². The van der Waals surface area contributed by atoms with Gasteiger partial charge in [-0.25, -0.2) is 4.39 Å². The first-order valence-corrected chi connectivity index (χ1v) is 6.33. The van der Waals surface area contributed by atoms with Gasteiger partial charge in [0.25, 0.3) is 0 Å². The van der Waals surface area contributed by atoms with E-state index in [1.165, 1.54) is 12.1 Å². The highest BCUT2D eigenvalue weighted by Crippen LogP contribution is 2.29. The van der Waals surface area contributed by atoms with Gasteiger partial charge in [0, 0.05) is 5.56 Å². The number of hydrogen-bond donors (Lipinski definition) is 1. The monoisotopic (exact) mass is 256 g/mol. The molecule has 0 atom stereocenters. The first-order chi connectivity index (χ1) is 9.08. The summed E-state index contributed by atoms with van der Waals surface area (Å²) in [5, 5.41) is 9.88. The standard InChI is InChI=1S/C17H17FO/c1-12(2)15-11-16(18)14(10-17(15)19)9-8-13-6-4-3-5-7-13/h3-12,19H,1-2H3/b9-8+. The summed E-state index contributed by atoms with van der Waals surface area (Å²) in [6.45, 7) is 3.85. The molecule has 0 spiro atoms. The van der Waals surface area contributed by atoms with Gasteiger partial charge in [-0.3, -0.25) is 0 Å². The Balaban J connectivity index is 2.32. The smallest absolute Gasteiger partial charge is 0.130 e. The van der Waals surface area contributed by atoms with Gasteiger partial charge >= 0.3 is 0 Å². The molecule has 2 heteroatoms. The van der Waals surface area contributed by atoms with Crippen molar-refractivity contribution in [2.45, 2.75) is 19.8 Å². The van der Waals surface area contributed by atoms with Crippen LogP contribution in [0, 0.1) is 5.82 Å². The van der Waals surface area contributed by atoms with E-state index in [9.17, 15) is 9.50 Å². The van der Waals surface area contributed by atoms with Crippen molar-refractivity contribution in [2.24, 2.45) is 0 Å². The van der Waals surface area contributed by atoms with Crippen LogP contribution < -0.4 is 0 Å². The maximum absolute atomic E-state index is 13.9. The van der Waals surface area contributed by atoms with Crippen molar-refractivity contribution >= 4 is 12.2 Å². The van der Waals surface area contributed by atoms with Crippen LogP contribution in [0.15, 0.2) is 42.5 Å². The van der Waals surface area contributed by atoms with E-state index >= 15 is 0 Å². The van der Waals surface area contributed by atoms with Gasteiger partial charge in [0.1, 0.15) is 11.6 Å². The van der Waals surface area contributed by atoms with Gasteiger partial charge in [-0.15, -0.1) is 0 Å². The number of aromatic hydroxyl groups is 1. The summed E-state index contributed by atoms with van der Waals surface area (Å²) in [6, 6.07) is 12.5. The van der Waals surface area contributed by atoms with Crippen LogP contribution in [0.2, 0.25) is 0 Å². The molecule has 0 amide bonds. The quantitative estimate of drug-likeness (QED) is 0.780. The molecule has 2 aromatic rings.